The maximum absolute atomic E-state index is 10.7. The van der Waals surface area contributed by atoms with Crippen molar-refractivity contribution in [1.29, 1.82) is 0 Å². The Morgan fingerprint density at radius 1 is 1.71 bits per heavy atom. The van der Waals surface area contributed by atoms with Gasteiger partial charge in [0.15, 0.2) is 6.29 Å². The van der Waals surface area contributed by atoms with E-state index >= 15 is 0 Å². The molecule has 76 valence electrons. The van der Waals surface area contributed by atoms with Crippen LogP contribution in [0.25, 0.3) is 0 Å². The lowest BCUT2D eigenvalue weighted by atomic mass is 10.4. The first-order chi connectivity index (χ1) is 6.69. The Morgan fingerprint density at radius 3 is 3.00 bits per heavy atom. The molecule has 1 heterocycles. The Balaban J connectivity index is 2.96. The maximum atomic E-state index is 10.7. The number of aromatic nitrogens is 2. The monoisotopic (exact) mass is 232 g/mol. The molecule has 0 aromatic carbocycles. The van der Waals surface area contributed by atoms with Crippen LogP contribution >= 0.6 is 23.4 Å². The average molecular weight is 233 g/mol. The molecule has 0 saturated heterocycles. The van der Waals surface area contributed by atoms with Crippen LogP contribution in [0.4, 0.5) is 0 Å². The summed E-state index contributed by atoms with van der Waals surface area (Å²) in [5.74, 6) is 0. The SMILES string of the molecule is CC(CO)Sc1ncnc(Cl)c1C=O. The van der Waals surface area contributed by atoms with E-state index in [0.29, 0.717) is 11.3 Å². The van der Waals surface area contributed by atoms with Gasteiger partial charge in [0.05, 0.1) is 12.2 Å². The molecule has 1 aromatic heterocycles. The predicted octanol–water partition coefficient (Wildman–Crippen LogP) is 1.42. The van der Waals surface area contributed by atoms with Crippen molar-refractivity contribution < 1.29 is 9.90 Å². The van der Waals surface area contributed by atoms with E-state index in [4.69, 9.17) is 16.7 Å². The fraction of sp³-hybridized carbons (Fsp3) is 0.375. The largest absolute Gasteiger partial charge is 0.395 e. The van der Waals surface area contributed by atoms with Crippen molar-refractivity contribution in [3.05, 3.63) is 17.0 Å². The van der Waals surface area contributed by atoms with Gasteiger partial charge in [-0.2, -0.15) is 0 Å². The molecule has 0 spiro atoms. The van der Waals surface area contributed by atoms with Gasteiger partial charge < -0.3 is 5.11 Å². The molecular formula is C8H9ClN2O2S. The second-order valence-electron chi connectivity index (χ2n) is 2.61. The molecule has 4 nitrogen and oxygen atoms in total. The number of aliphatic hydroxyl groups excluding tert-OH is 1. The van der Waals surface area contributed by atoms with E-state index < -0.39 is 0 Å². The van der Waals surface area contributed by atoms with Gasteiger partial charge >= 0.3 is 0 Å². The van der Waals surface area contributed by atoms with Crippen LogP contribution in [0.15, 0.2) is 11.4 Å². The van der Waals surface area contributed by atoms with E-state index in [1.165, 1.54) is 18.1 Å². The highest BCUT2D eigenvalue weighted by Crippen LogP contribution is 2.26. The zero-order chi connectivity index (χ0) is 10.6. The van der Waals surface area contributed by atoms with Gasteiger partial charge in [-0.05, 0) is 0 Å². The molecule has 0 aliphatic rings. The topological polar surface area (TPSA) is 63.1 Å². The summed E-state index contributed by atoms with van der Waals surface area (Å²) in [5, 5.41) is 9.46. The normalized spacial score (nSPS) is 12.5. The first kappa shape index (κ1) is 11.4. The molecule has 0 aliphatic heterocycles. The number of carbonyl (C=O) groups excluding carboxylic acids is 1. The summed E-state index contributed by atoms with van der Waals surface area (Å²) in [7, 11) is 0. The van der Waals surface area contributed by atoms with Crippen molar-refractivity contribution in [3.8, 4) is 0 Å². The van der Waals surface area contributed by atoms with E-state index in [2.05, 4.69) is 9.97 Å². The number of aliphatic hydroxyl groups is 1. The molecule has 1 atom stereocenters. The van der Waals surface area contributed by atoms with Crippen molar-refractivity contribution in [1.82, 2.24) is 9.97 Å². The lowest BCUT2D eigenvalue weighted by Crippen LogP contribution is -2.04. The van der Waals surface area contributed by atoms with Gasteiger partial charge in [-0.3, -0.25) is 4.79 Å². The van der Waals surface area contributed by atoms with Gasteiger partial charge in [0, 0.05) is 5.25 Å². The summed E-state index contributed by atoms with van der Waals surface area (Å²) < 4.78 is 0. The Hall–Kier alpha value is -0.650. The van der Waals surface area contributed by atoms with Gasteiger partial charge in [0.25, 0.3) is 0 Å². The zero-order valence-corrected chi connectivity index (χ0v) is 9.05. The number of carbonyl (C=O) groups is 1. The Bertz CT molecular complexity index is 335. The highest BCUT2D eigenvalue weighted by Gasteiger charge is 2.12. The number of halogens is 1. The van der Waals surface area contributed by atoms with Crippen molar-refractivity contribution in [2.24, 2.45) is 0 Å². The second-order valence-corrected chi connectivity index (χ2v) is 4.40. The molecule has 6 heteroatoms. The van der Waals surface area contributed by atoms with E-state index in [1.807, 2.05) is 6.92 Å². The van der Waals surface area contributed by atoms with Crippen LogP contribution in [0.1, 0.15) is 17.3 Å². The molecule has 0 saturated carbocycles. The average Bonchev–Trinajstić information content (AvgIpc) is 2.18. The number of nitrogens with zero attached hydrogens (tertiary/aromatic N) is 2. The third kappa shape index (κ3) is 2.67. The Kier molecular flexibility index (Phi) is 4.31. The van der Waals surface area contributed by atoms with E-state index in [9.17, 15) is 4.79 Å². The zero-order valence-electron chi connectivity index (χ0n) is 7.48. The van der Waals surface area contributed by atoms with Crippen LogP contribution in [0, 0.1) is 0 Å². The number of rotatable bonds is 4. The van der Waals surface area contributed by atoms with E-state index in [1.54, 1.807) is 0 Å². The first-order valence-corrected chi connectivity index (χ1v) is 5.18. The Labute approximate surface area is 90.7 Å². The summed E-state index contributed by atoms with van der Waals surface area (Å²) in [6.07, 6.45) is 1.91. The summed E-state index contributed by atoms with van der Waals surface area (Å²) >= 11 is 6.99. The summed E-state index contributed by atoms with van der Waals surface area (Å²) in [6, 6.07) is 0. The summed E-state index contributed by atoms with van der Waals surface area (Å²) in [5.41, 5.74) is 0.277. The molecule has 0 bridgehead atoms. The van der Waals surface area contributed by atoms with Crippen LogP contribution in [-0.2, 0) is 0 Å². The minimum absolute atomic E-state index is 0.0184. The molecule has 0 aliphatic carbocycles. The van der Waals surface area contributed by atoms with Gasteiger partial charge in [-0.1, -0.05) is 18.5 Å². The van der Waals surface area contributed by atoms with Crippen LogP contribution in [0.5, 0.6) is 0 Å². The number of hydrogen-bond acceptors (Lipinski definition) is 5. The third-order valence-corrected chi connectivity index (χ3v) is 2.89. The van der Waals surface area contributed by atoms with Crippen molar-refractivity contribution >= 4 is 29.6 Å². The molecular weight excluding hydrogens is 224 g/mol. The lowest BCUT2D eigenvalue weighted by Gasteiger charge is -2.08. The fourth-order valence-electron chi connectivity index (χ4n) is 0.780. The molecule has 1 unspecified atom stereocenters. The highest BCUT2D eigenvalue weighted by molar-refractivity contribution is 7.99. The number of hydrogen-bond donors (Lipinski definition) is 1. The van der Waals surface area contributed by atoms with Crippen LogP contribution < -0.4 is 0 Å². The Morgan fingerprint density at radius 2 is 2.43 bits per heavy atom. The first-order valence-electron chi connectivity index (χ1n) is 3.92. The minimum atomic E-state index is -0.0281. The predicted molar refractivity (Wildman–Crippen MR) is 54.8 cm³/mol. The lowest BCUT2D eigenvalue weighted by molar-refractivity contribution is 0.112. The summed E-state index contributed by atoms with van der Waals surface area (Å²) in [4.78, 5) is 18.3. The molecule has 0 radical (unpaired) electrons. The van der Waals surface area contributed by atoms with Gasteiger partial charge in [0.2, 0.25) is 0 Å². The molecule has 1 aromatic rings. The highest BCUT2D eigenvalue weighted by atomic mass is 35.5. The van der Waals surface area contributed by atoms with Crippen LogP contribution in [-0.4, -0.2) is 33.2 Å². The second kappa shape index (κ2) is 5.29. The van der Waals surface area contributed by atoms with Crippen molar-refractivity contribution in [3.63, 3.8) is 0 Å². The van der Waals surface area contributed by atoms with Gasteiger partial charge in [0.1, 0.15) is 16.5 Å². The number of aldehydes is 1. The maximum Gasteiger partial charge on any atom is 0.155 e. The van der Waals surface area contributed by atoms with Crippen LogP contribution in [0.3, 0.4) is 0 Å². The van der Waals surface area contributed by atoms with Crippen molar-refractivity contribution in [2.75, 3.05) is 6.61 Å². The van der Waals surface area contributed by atoms with E-state index in [0.717, 1.165) is 0 Å². The molecule has 1 rings (SSSR count). The molecule has 14 heavy (non-hydrogen) atoms. The van der Waals surface area contributed by atoms with Gasteiger partial charge in [-0.25, -0.2) is 9.97 Å². The van der Waals surface area contributed by atoms with E-state index in [-0.39, 0.29) is 22.6 Å². The van der Waals surface area contributed by atoms with Gasteiger partial charge in [-0.15, -0.1) is 11.8 Å². The fourth-order valence-corrected chi connectivity index (χ4v) is 1.85. The molecule has 0 fully saturated rings. The number of thioether (sulfide) groups is 1. The summed E-state index contributed by atoms with van der Waals surface area (Å²) in [6.45, 7) is 1.85. The third-order valence-electron chi connectivity index (χ3n) is 1.49. The molecule has 1 N–H and O–H groups in total. The standard InChI is InChI=1S/C8H9ClN2O2S/c1-5(2-12)14-8-6(3-13)7(9)10-4-11-8/h3-5,12H,2H2,1H3. The quantitative estimate of drug-likeness (QED) is 0.483. The van der Waals surface area contributed by atoms with Crippen LogP contribution in [0.2, 0.25) is 5.15 Å². The van der Waals surface area contributed by atoms with Crippen molar-refractivity contribution in [2.45, 2.75) is 17.2 Å². The smallest absolute Gasteiger partial charge is 0.155 e. The molecule has 0 amide bonds. The minimum Gasteiger partial charge on any atom is -0.395 e.